The van der Waals surface area contributed by atoms with Gasteiger partial charge in [-0.15, -0.1) is 0 Å². The van der Waals surface area contributed by atoms with Crippen LogP contribution in [0, 0.1) is 0 Å². The van der Waals surface area contributed by atoms with Crippen LogP contribution in [-0.2, 0) is 19.1 Å². The Morgan fingerprint density at radius 3 is 2.50 bits per heavy atom. The first-order chi connectivity index (χ1) is 6.61. The van der Waals surface area contributed by atoms with Crippen molar-refractivity contribution >= 4 is 17.8 Å². The predicted molar refractivity (Wildman–Crippen MR) is 44.3 cm³/mol. The van der Waals surface area contributed by atoms with Crippen molar-refractivity contribution in [3.63, 3.8) is 0 Å². The van der Waals surface area contributed by atoms with E-state index < -0.39 is 17.8 Å². The lowest BCUT2D eigenvalue weighted by Crippen LogP contribution is -2.46. The van der Waals surface area contributed by atoms with Crippen LogP contribution >= 0.6 is 0 Å². The molecule has 1 rings (SSSR count). The number of morpholine rings is 1. The molecule has 2 amide bonds. The van der Waals surface area contributed by atoms with Crippen LogP contribution < -0.4 is 0 Å². The largest absolute Gasteiger partial charge is 0.478 e. The minimum Gasteiger partial charge on any atom is -0.478 e. The molecule has 0 bridgehead atoms. The fourth-order valence-corrected chi connectivity index (χ4v) is 0.983. The number of carboxylic acids is 1. The smallest absolute Gasteiger partial charge is 0.328 e. The lowest BCUT2D eigenvalue weighted by Gasteiger charge is -2.23. The molecule has 1 saturated heterocycles. The van der Waals surface area contributed by atoms with E-state index >= 15 is 0 Å². The molecule has 1 heterocycles. The van der Waals surface area contributed by atoms with E-state index in [4.69, 9.17) is 5.11 Å². The summed E-state index contributed by atoms with van der Waals surface area (Å²) in [6.45, 7) is -0.285. The zero-order chi connectivity index (χ0) is 10.6. The first-order valence-electron chi connectivity index (χ1n) is 3.91. The Hall–Kier alpha value is -1.69. The Morgan fingerprint density at radius 2 is 2.00 bits per heavy atom. The number of hydrogen-bond donors (Lipinski definition) is 1. The first kappa shape index (κ1) is 10.4. The van der Waals surface area contributed by atoms with Crippen molar-refractivity contribution in [1.82, 2.24) is 4.90 Å². The minimum atomic E-state index is -1.11. The molecule has 1 N–H and O–H groups in total. The van der Waals surface area contributed by atoms with Crippen molar-refractivity contribution in [2.24, 2.45) is 0 Å². The Bertz CT molecular complexity index is 280. The summed E-state index contributed by atoms with van der Waals surface area (Å²) >= 11 is 0. The predicted octanol–water partition coefficient (Wildman–Crippen LogP) is -0.987. The number of rotatable bonds is 3. The van der Waals surface area contributed by atoms with Crippen LogP contribution in [0.15, 0.2) is 12.2 Å². The summed E-state index contributed by atoms with van der Waals surface area (Å²) in [4.78, 5) is 33.2. The van der Waals surface area contributed by atoms with Crippen molar-refractivity contribution in [3.05, 3.63) is 12.2 Å². The number of nitrogens with zero attached hydrogens (tertiary/aromatic N) is 1. The second kappa shape index (κ2) is 4.52. The molecule has 6 nitrogen and oxygen atoms in total. The highest BCUT2D eigenvalue weighted by Crippen LogP contribution is 2.00. The van der Waals surface area contributed by atoms with E-state index in [9.17, 15) is 14.4 Å². The Balaban J connectivity index is 2.52. The number of carbonyl (C=O) groups is 3. The lowest BCUT2D eigenvalue weighted by atomic mass is 10.3. The monoisotopic (exact) mass is 199 g/mol. The van der Waals surface area contributed by atoms with Crippen LogP contribution in [-0.4, -0.2) is 47.5 Å². The number of carboxylic acid groups (broad SMARTS) is 1. The molecule has 0 atom stereocenters. The molecule has 1 aliphatic rings. The molecule has 76 valence electrons. The highest BCUT2D eigenvalue weighted by atomic mass is 16.5. The van der Waals surface area contributed by atoms with E-state index in [0.29, 0.717) is 0 Å². The third kappa shape index (κ3) is 2.67. The maximum absolute atomic E-state index is 11.1. The molecule has 0 aromatic heterocycles. The van der Waals surface area contributed by atoms with E-state index in [2.05, 4.69) is 4.74 Å². The van der Waals surface area contributed by atoms with E-state index in [1.54, 1.807) is 0 Å². The zero-order valence-electron chi connectivity index (χ0n) is 7.30. The van der Waals surface area contributed by atoms with Gasteiger partial charge in [-0.2, -0.15) is 0 Å². The Kier molecular flexibility index (Phi) is 3.35. The molecular formula is C8H9NO5. The third-order valence-electron chi connectivity index (χ3n) is 1.60. The second-order valence-corrected chi connectivity index (χ2v) is 2.63. The highest BCUT2D eigenvalue weighted by Gasteiger charge is 2.25. The summed E-state index contributed by atoms with van der Waals surface area (Å²) in [6.07, 6.45) is 2.12. The summed E-state index contributed by atoms with van der Waals surface area (Å²) in [7, 11) is 0. The number of carbonyl (C=O) groups excluding carboxylic acids is 2. The number of hydrogen-bond acceptors (Lipinski definition) is 4. The topological polar surface area (TPSA) is 83.9 Å². The Labute approximate surface area is 79.8 Å². The van der Waals surface area contributed by atoms with Crippen molar-refractivity contribution < 1.29 is 24.2 Å². The molecule has 14 heavy (non-hydrogen) atoms. The van der Waals surface area contributed by atoms with Crippen LogP contribution in [0.3, 0.4) is 0 Å². The molecule has 0 spiro atoms. The number of aliphatic carboxylic acids is 1. The van der Waals surface area contributed by atoms with Crippen LogP contribution in [0.5, 0.6) is 0 Å². The maximum Gasteiger partial charge on any atom is 0.328 e. The molecule has 0 unspecified atom stereocenters. The molecule has 0 aliphatic carbocycles. The number of imide groups is 1. The first-order valence-corrected chi connectivity index (χ1v) is 3.91. The highest BCUT2D eigenvalue weighted by molar-refractivity contribution is 5.98. The maximum atomic E-state index is 11.1. The summed E-state index contributed by atoms with van der Waals surface area (Å²) in [5, 5.41) is 8.27. The average Bonchev–Trinajstić information content (AvgIpc) is 2.09. The van der Waals surface area contributed by atoms with Crippen LogP contribution in [0.25, 0.3) is 0 Å². The summed E-state index contributed by atoms with van der Waals surface area (Å²) < 4.78 is 4.67. The fraction of sp³-hybridized carbons (Fsp3) is 0.375. The van der Waals surface area contributed by atoms with Gasteiger partial charge in [0.05, 0.1) is 0 Å². The van der Waals surface area contributed by atoms with Gasteiger partial charge >= 0.3 is 5.97 Å². The van der Waals surface area contributed by atoms with Gasteiger partial charge in [0.2, 0.25) is 0 Å². The van der Waals surface area contributed by atoms with Gasteiger partial charge < -0.3 is 9.84 Å². The Morgan fingerprint density at radius 1 is 1.43 bits per heavy atom. The van der Waals surface area contributed by atoms with Gasteiger partial charge in [0.1, 0.15) is 13.2 Å². The SMILES string of the molecule is O=C(O)C=CCN1C(=O)COCC1=O. The molecule has 6 heteroatoms. The number of amides is 2. The van der Waals surface area contributed by atoms with E-state index in [1.807, 2.05) is 0 Å². The van der Waals surface area contributed by atoms with Gasteiger partial charge in [-0.25, -0.2) is 4.79 Å². The van der Waals surface area contributed by atoms with Gasteiger partial charge in [-0.3, -0.25) is 14.5 Å². The quantitative estimate of drug-likeness (QED) is 0.466. The number of ether oxygens (including phenoxy) is 1. The van der Waals surface area contributed by atoms with Gasteiger partial charge in [-0.1, -0.05) is 6.08 Å². The summed E-state index contributed by atoms with van der Waals surface area (Å²) in [5.41, 5.74) is 0. The second-order valence-electron chi connectivity index (χ2n) is 2.63. The molecule has 1 aliphatic heterocycles. The standard InChI is InChI=1S/C8H9NO5/c10-6-4-14-5-7(11)9(6)3-1-2-8(12)13/h1-2H,3-5H2,(H,12,13). The van der Waals surface area contributed by atoms with Gasteiger partial charge in [0.15, 0.2) is 0 Å². The molecule has 1 fully saturated rings. The van der Waals surface area contributed by atoms with E-state index in [0.717, 1.165) is 11.0 Å². The normalized spacial score (nSPS) is 17.9. The summed E-state index contributed by atoms with van der Waals surface area (Å²) in [6, 6.07) is 0. The third-order valence-corrected chi connectivity index (χ3v) is 1.60. The zero-order valence-corrected chi connectivity index (χ0v) is 7.30. The van der Waals surface area contributed by atoms with Gasteiger partial charge in [-0.05, 0) is 0 Å². The van der Waals surface area contributed by atoms with Crippen molar-refractivity contribution in [2.75, 3.05) is 19.8 Å². The van der Waals surface area contributed by atoms with Crippen LogP contribution in [0.2, 0.25) is 0 Å². The summed E-state index contributed by atoms with van der Waals surface area (Å²) in [5.74, 6) is -2.01. The fourth-order valence-electron chi connectivity index (χ4n) is 0.983. The van der Waals surface area contributed by atoms with Crippen molar-refractivity contribution in [3.8, 4) is 0 Å². The van der Waals surface area contributed by atoms with Crippen LogP contribution in [0.4, 0.5) is 0 Å². The molecular weight excluding hydrogens is 190 g/mol. The molecule has 0 radical (unpaired) electrons. The van der Waals surface area contributed by atoms with Gasteiger partial charge in [0.25, 0.3) is 11.8 Å². The molecule has 0 aromatic rings. The average molecular weight is 199 g/mol. The van der Waals surface area contributed by atoms with Crippen molar-refractivity contribution in [2.45, 2.75) is 0 Å². The van der Waals surface area contributed by atoms with E-state index in [1.165, 1.54) is 6.08 Å². The lowest BCUT2D eigenvalue weighted by molar-refractivity contribution is -0.157. The van der Waals surface area contributed by atoms with Gasteiger partial charge in [0, 0.05) is 12.6 Å². The van der Waals surface area contributed by atoms with Crippen molar-refractivity contribution in [1.29, 1.82) is 0 Å². The minimum absolute atomic E-state index is 0.0205. The molecule has 0 saturated carbocycles. The van der Waals surface area contributed by atoms with Crippen LogP contribution in [0.1, 0.15) is 0 Å². The molecule has 0 aromatic carbocycles. The van der Waals surface area contributed by atoms with E-state index in [-0.39, 0.29) is 19.8 Å².